The van der Waals surface area contributed by atoms with Gasteiger partial charge in [-0.2, -0.15) is 0 Å². The summed E-state index contributed by atoms with van der Waals surface area (Å²) in [7, 11) is 3.71. The maximum atomic E-state index is 13.6. The molecule has 0 fully saturated rings. The largest absolute Gasteiger partial charge is 0.466 e. The Morgan fingerprint density at radius 3 is 1.88 bits per heavy atom. The van der Waals surface area contributed by atoms with Gasteiger partial charge in [-0.3, -0.25) is 9.36 Å². The molecule has 0 saturated heterocycles. The molecule has 0 saturated carbocycles. The van der Waals surface area contributed by atoms with Crippen molar-refractivity contribution in [3.05, 3.63) is 95.9 Å². The first-order valence-electron chi connectivity index (χ1n) is 12.3. The van der Waals surface area contributed by atoms with Crippen molar-refractivity contribution in [1.29, 1.82) is 0 Å². The second kappa shape index (κ2) is 12.0. The highest BCUT2D eigenvalue weighted by Crippen LogP contribution is 2.37. The van der Waals surface area contributed by atoms with Crippen molar-refractivity contribution in [3.8, 4) is 0 Å². The Morgan fingerprint density at radius 1 is 0.829 bits per heavy atom. The second-order valence-corrected chi connectivity index (χ2v) is 9.67. The Labute approximate surface area is 237 Å². The third kappa shape index (κ3) is 5.41. The Kier molecular flexibility index (Phi) is 8.53. The van der Waals surface area contributed by atoms with Crippen LogP contribution < -0.4 is 20.5 Å². The lowest BCUT2D eigenvalue weighted by Crippen LogP contribution is -2.41. The first-order chi connectivity index (χ1) is 19.7. The number of methoxy groups -OCH3 is 3. The van der Waals surface area contributed by atoms with Crippen molar-refractivity contribution < 1.29 is 38.1 Å². The summed E-state index contributed by atoms with van der Waals surface area (Å²) in [5.41, 5.74) is 7.39. The highest BCUT2D eigenvalue weighted by atomic mass is 32.1. The molecule has 11 nitrogen and oxygen atoms in total. The monoisotopic (exact) mass is 578 g/mol. The van der Waals surface area contributed by atoms with Crippen LogP contribution >= 0.6 is 11.3 Å². The smallest absolute Gasteiger partial charge is 0.338 e. The Balaban J connectivity index is 2.01. The van der Waals surface area contributed by atoms with Crippen LogP contribution in [-0.4, -0.2) is 56.4 Å². The van der Waals surface area contributed by atoms with Crippen LogP contribution in [0.25, 0.3) is 17.5 Å². The van der Waals surface area contributed by atoms with Crippen molar-refractivity contribution in [2.75, 3.05) is 27.9 Å². The normalized spacial score (nSPS) is 14.8. The molecule has 2 N–H and O–H groups in total. The van der Waals surface area contributed by atoms with E-state index in [9.17, 15) is 24.0 Å². The van der Waals surface area contributed by atoms with E-state index >= 15 is 0 Å². The van der Waals surface area contributed by atoms with Gasteiger partial charge in [-0.1, -0.05) is 24.3 Å². The zero-order chi connectivity index (χ0) is 29.8. The molecular weight excluding hydrogens is 552 g/mol. The van der Waals surface area contributed by atoms with Gasteiger partial charge < -0.3 is 24.7 Å². The molecule has 0 bridgehead atoms. The van der Waals surface area contributed by atoms with Crippen LogP contribution in [0.3, 0.4) is 0 Å². The number of fused-ring (bicyclic) bond motifs is 1. The van der Waals surface area contributed by atoms with E-state index in [0.29, 0.717) is 16.7 Å². The van der Waals surface area contributed by atoms with E-state index in [1.807, 2.05) is 0 Å². The molecule has 2 heterocycles. The molecule has 0 radical (unpaired) electrons. The van der Waals surface area contributed by atoms with Crippen molar-refractivity contribution >= 4 is 52.7 Å². The van der Waals surface area contributed by atoms with E-state index in [-0.39, 0.29) is 38.3 Å². The van der Waals surface area contributed by atoms with E-state index in [1.54, 1.807) is 49.4 Å². The number of rotatable bonds is 7. The van der Waals surface area contributed by atoms with E-state index < -0.39 is 35.4 Å². The zero-order valence-corrected chi connectivity index (χ0v) is 23.4. The molecule has 0 unspecified atom stereocenters. The highest BCUT2D eigenvalue weighted by molar-refractivity contribution is 7.07. The minimum Gasteiger partial charge on any atom is -0.466 e. The van der Waals surface area contributed by atoms with Crippen LogP contribution in [-0.2, 0) is 28.5 Å². The number of carbonyl (C=O) groups is 4. The number of hydrogen-bond acceptors (Lipinski definition) is 11. The van der Waals surface area contributed by atoms with Crippen LogP contribution in [0.5, 0.6) is 0 Å². The number of nitrogens with two attached hydrogens (primary N) is 1. The van der Waals surface area contributed by atoms with Crippen molar-refractivity contribution in [3.63, 3.8) is 0 Å². The molecule has 2 aromatic carbocycles. The third-order valence-corrected chi connectivity index (χ3v) is 7.45. The van der Waals surface area contributed by atoms with Gasteiger partial charge in [0, 0.05) is 0 Å². The molecule has 3 aromatic rings. The average Bonchev–Trinajstić information content (AvgIpc) is 3.31. The Bertz CT molecular complexity index is 1750. The molecule has 1 aliphatic rings. The Hall–Kier alpha value is -4.97. The van der Waals surface area contributed by atoms with Gasteiger partial charge in [-0.15, -0.1) is 11.3 Å². The maximum absolute atomic E-state index is 13.6. The summed E-state index contributed by atoms with van der Waals surface area (Å²) >= 11 is 0.990. The summed E-state index contributed by atoms with van der Waals surface area (Å²) in [6, 6.07) is 12.5. The van der Waals surface area contributed by atoms with Gasteiger partial charge >= 0.3 is 23.9 Å². The first-order valence-corrected chi connectivity index (χ1v) is 13.1. The van der Waals surface area contributed by atoms with E-state index in [4.69, 9.17) is 24.7 Å². The van der Waals surface area contributed by atoms with Crippen LogP contribution in [0.15, 0.2) is 58.9 Å². The standard InChI is InChI=1S/C29H26N2O9S/c1-5-40-29(36)21-20(16-10-12-18(13-11-16)27(34)38-3)22(28(35)39-4)25-31(23(21)30)24(32)19(41-25)14-15-6-8-17(9-7-15)26(33)37-2/h6-14,20H,5,30H2,1-4H3/t20-/m0/s1. The van der Waals surface area contributed by atoms with Crippen molar-refractivity contribution in [2.24, 2.45) is 5.73 Å². The van der Waals surface area contributed by atoms with E-state index in [0.717, 1.165) is 15.9 Å². The van der Waals surface area contributed by atoms with Gasteiger partial charge in [-0.05, 0) is 48.4 Å². The van der Waals surface area contributed by atoms with Crippen molar-refractivity contribution in [1.82, 2.24) is 4.57 Å². The fourth-order valence-corrected chi connectivity index (χ4v) is 5.58. The van der Waals surface area contributed by atoms with Gasteiger partial charge in [0.1, 0.15) is 10.5 Å². The zero-order valence-electron chi connectivity index (χ0n) is 22.6. The number of hydrogen-bond donors (Lipinski definition) is 1. The van der Waals surface area contributed by atoms with Crippen molar-refractivity contribution in [2.45, 2.75) is 12.8 Å². The van der Waals surface area contributed by atoms with Crippen LogP contribution in [0.4, 0.5) is 0 Å². The molecule has 12 heteroatoms. The van der Waals surface area contributed by atoms with Crippen LogP contribution in [0.2, 0.25) is 0 Å². The second-order valence-electron chi connectivity index (χ2n) is 8.64. The highest BCUT2D eigenvalue weighted by Gasteiger charge is 2.39. The van der Waals surface area contributed by atoms with E-state index in [1.165, 1.54) is 33.5 Å². The SMILES string of the molecule is CCOC(=O)C1=C(N)n2c(sc(=Cc3ccc(C(=O)OC)cc3)c2=O)=C(C(=O)OC)[C@H]1c1ccc(C(=O)OC)cc1. The molecule has 4 rings (SSSR count). The van der Waals surface area contributed by atoms with Gasteiger partial charge in [-0.25, -0.2) is 19.2 Å². The Morgan fingerprint density at radius 2 is 1.37 bits per heavy atom. The number of ether oxygens (including phenoxy) is 4. The van der Waals surface area contributed by atoms with Crippen LogP contribution in [0, 0.1) is 0 Å². The average molecular weight is 579 g/mol. The number of esters is 4. The van der Waals surface area contributed by atoms with Crippen LogP contribution in [0.1, 0.15) is 44.7 Å². The summed E-state index contributed by atoms with van der Waals surface area (Å²) in [4.78, 5) is 63.9. The topological polar surface area (TPSA) is 153 Å². The molecule has 0 aliphatic carbocycles. The lowest BCUT2D eigenvalue weighted by atomic mass is 9.83. The predicted molar refractivity (Wildman–Crippen MR) is 149 cm³/mol. The number of benzene rings is 2. The molecule has 1 atom stereocenters. The molecule has 41 heavy (non-hydrogen) atoms. The quantitative estimate of drug-likeness (QED) is 0.319. The molecule has 1 aliphatic heterocycles. The summed E-state index contributed by atoms with van der Waals surface area (Å²) in [5.74, 6) is -3.94. The molecule has 0 amide bonds. The van der Waals surface area contributed by atoms with Gasteiger partial charge in [0.05, 0.1) is 60.7 Å². The molecule has 1 aromatic heterocycles. The van der Waals surface area contributed by atoms with Gasteiger partial charge in [0.25, 0.3) is 5.56 Å². The number of nitrogens with zero attached hydrogens (tertiary/aromatic N) is 1. The predicted octanol–water partition coefficient (Wildman–Crippen LogP) is 1.12. The van der Waals surface area contributed by atoms with Gasteiger partial charge in [0.2, 0.25) is 0 Å². The third-order valence-electron chi connectivity index (χ3n) is 6.34. The molecular formula is C29H26N2O9S. The fourth-order valence-electron chi connectivity index (χ4n) is 4.41. The fraction of sp³-hybridized carbons (Fsp3) is 0.207. The first kappa shape index (κ1) is 29.0. The minimum atomic E-state index is -1.07. The van der Waals surface area contributed by atoms with Gasteiger partial charge in [0.15, 0.2) is 0 Å². The lowest BCUT2D eigenvalue weighted by molar-refractivity contribution is -0.138. The molecule has 0 spiro atoms. The minimum absolute atomic E-state index is 0.00152. The summed E-state index contributed by atoms with van der Waals surface area (Å²) in [5, 5.41) is 0. The lowest BCUT2D eigenvalue weighted by Gasteiger charge is -2.26. The number of carbonyl (C=O) groups excluding carboxylic acids is 4. The summed E-state index contributed by atoms with van der Waals surface area (Å²) in [6.45, 7) is 1.63. The number of thiazole rings is 1. The molecule has 212 valence electrons. The van der Waals surface area contributed by atoms with E-state index in [2.05, 4.69) is 0 Å². The summed E-state index contributed by atoms with van der Waals surface area (Å²) in [6.07, 6.45) is 1.58. The summed E-state index contributed by atoms with van der Waals surface area (Å²) < 4.78 is 21.3. The maximum Gasteiger partial charge on any atom is 0.338 e. The number of aromatic nitrogens is 1.